The van der Waals surface area contributed by atoms with E-state index >= 15 is 0 Å². The van der Waals surface area contributed by atoms with Crippen LogP contribution >= 0.6 is 0 Å². The lowest BCUT2D eigenvalue weighted by Gasteiger charge is -2.36. The standard InChI is InChI=1S/C10H15NO5/c1-7(12)10-4-3-5-15-11(10)16-8(6-10)9(13)14-2/h8H,3-6H2,1-2H3/t8?,10-/m1/s1. The molecule has 0 amide bonds. The molecule has 0 spiro atoms. The Balaban J connectivity index is 2.20. The molecule has 0 N–H and O–H groups in total. The van der Waals surface area contributed by atoms with Gasteiger partial charge in [-0.15, -0.1) is 0 Å². The van der Waals surface area contributed by atoms with E-state index in [9.17, 15) is 9.59 Å². The molecule has 6 nitrogen and oxygen atoms in total. The summed E-state index contributed by atoms with van der Waals surface area (Å²) >= 11 is 0. The van der Waals surface area contributed by atoms with Gasteiger partial charge in [0.25, 0.3) is 0 Å². The molecule has 0 aromatic carbocycles. The van der Waals surface area contributed by atoms with E-state index in [4.69, 9.17) is 9.68 Å². The average Bonchev–Trinajstić information content (AvgIpc) is 2.68. The maximum Gasteiger partial charge on any atom is 0.337 e. The van der Waals surface area contributed by atoms with Gasteiger partial charge in [0.15, 0.2) is 11.9 Å². The summed E-state index contributed by atoms with van der Waals surface area (Å²) in [7, 11) is 1.30. The van der Waals surface area contributed by atoms with Crippen molar-refractivity contribution in [2.75, 3.05) is 13.7 Å². The highest BCUT2D eigenvalue weighted by Crippen LogP contribution is 2.39. The van der Waals surface area contributed by atoms with Gasteiger partial charge < -0.3 is 4.74 Å². The van der Waals surface area contributed by atoms with Crippen LogP contribution in [0.1, 0.15) is 26.2 Å². The first kappa shape index (κ1) is 11.5. The summed E-state index contributed by atoms with van der Waals surface area (Å²) in [5.41, 5.74) is -0.808. The number of fused-ring (bicyclic) bond motifs is 1. The summed E-state index contributed by atoms with van der Waals surface area (Å²) in [6, 6.07) is 0. The lowest BCUT2D eigenvalue weighted by molar-refractivity contribution is -0.393. The molecule has 2 rings (SSSR count). The Kier molecular flexibility index (Phi) is 2.96. The minimum Gasteiger partial charge on any atom is -0.467 e. The molecule has 0 bridgehead atoms. The fourth-order valence-electron chi connectivity index (χ4n) is 2.20. The number of hydroxylamine groups is 2. The summed E-state index contributed by atoms with van der Waals surface area (Å²) in [4.78, 5) is 33.7. The van der Waals surface area contributed by atoms with E-state index in [0.29, 0.717) is 19.4 Å². The zero-order valence-corrected chi connectivity index (χ0v) is 9.39. The number of esters is 1. The summed E-state index contributed by atoms with van der Waals surface area (Å²) in [5, 5.41) is 1.19. The number of carbonyl (C=O) groups excluding carboxylic acids is 2. The number of Topliss-reactive ketones (excluding diaryl/α,β-unsaturated/α-hetero) is 1. The summed E-state index contributed by atoms with van der Waals surface area (Å²) in [5.74, 6) is -0.516. The van der Waals surface area contributed by atoms with Crippen molar-refractivity contribution in [3.05, 3.63) is 0 Å². The van der Waals surface area contributed by atoms with E-state index < -0.39 is 17.6 Å². The first-order chi connectivity index (χ1) is 7.60. The molecule has 2 aliphatic rings. The molecule has 6 heteroatoms. The highest BCUT2D eigenvalue weighted by molar-refractivity contribution is 5.87. The third-order valence-corrected chi connectivity index (χ3v) is 3.16. The van der Waals surface area contributed by atoms with Crippen LogP contribution in [0.4, 0.5) is 0 Å². The van der Waals surface area contributed by atoms with E-state index in [0.717, 1.165) is 6.42 Å². The monoisotopic (exact) mass is 229 g/mol. The topological polar surface area (TPSA) is 65.1 Å². The quantitative estimate of drug-likeness (QED) is 0.631. The molecule has 2 fully saturated rings. The highest BCUT2D eigenvalue weighted by Gasteiger charge is 2.55. The molecule has 2 saturated heterocycles. The van der Waals surface area contributed by atoms with Crippen LogP contribution in [0.5, 0.6) is 0 Å². The van der Waals surface area contributed by atoms with E-state index in [1.54, 1.807) is 0 Å². The molecule has 2 aliphatic heterocycles. The molecule has 2 heterocycles. The zero-order valence-electron chi connectivity index (χ0n) is 9.39. The number of rotatable bonds is 2. The molecule has 90 valence electrons. The van der Waals surface area contributed by atoms with Crippen LogP contribution in [-0.2, 0) is 24.0 Å². The van der Waals surface area contributed by atoms with Crippen LogP contribution in [0.2, 0.25) is 0 Å². The Morgan fingerprint density at radius 1 is 1.50 bits per heavy atom. The number of hydrogen-bond acceptors (Lipinski definition) is 6. The summed E-state index contributed by atoms with van der Waals surface area (Å²) in [6.07, 6.45) is 0.991. The van der Waals surface area contributed by atoms with Crippen LogP contribution < -0.4 is 0 Å². The molecule has 0 aromatic heterocycles. The van der Waals surface area contributed by atoms with Gasteiger partial charge in [0.2, 0.25) is 0 Å². The maximum absolute atomic E-state index is 11.7. The van der Waals surface area contributed by atoms with Crippen molar-refractivity contribution in [1.82, 2.24) is 5.23 Å². The van der Waals surface area contributed by atoms with Gasteiger partial charge in [0.1, 0.15) is 5.54 Å². The van der Waals surface area contributed by atoms with Crippen molar-refractivity contribution in [2.45, 2.75) is 37.8 Å². The number of ketones is 1. The van der Waals surface area contributed by atoms with Crippen molar-refractivity contribution in [2.24, 2.45) is 0 Å². The highest BCUT2D eigenvalue weighted by atomic mass is 17.0. The van der Waals surface area contributed by atoms with Crippen molar-refractivity contribution in [3.63, 3.8) is 0 Å². The Labute approximate surface area is 93.3 Å². The van der Waals surface area contributed by atoms with Crippen molar-refractivity contribution in [1.29, 1.82) is 0 Å². The zero-order chi connectivity index (χ0) is 11.8. The lowest BCUT2D eigenvalue weighted by atomic mass is 9.85. The van der Waals surface area contributed by atoms with E-state index in [2.05, 4.69) is 4.74 Å². The number of ether oxygens (including phenoxy) is 1. The lowest BCUT2D eigenvalue weighted by Crippen LogP contribution is -2.51. The SMILES string of the molecule is COC(=O)C1C[C@@]2(C(C)=O)CCCON2O1. The fourth-order valence-corrected chi connectivity index (χ4v) is 2.20. The van der Waals surface area contributed by atoms with Gasteiger partial charge in [0.05, 0.1) is 13.7 Å². The Morgan fingerprint density at radius 2 is 2.25 bits per heavy atom. The Hall–Kier alpha value is -0.980. The largest absolute Gasteiger partial charge is 0.467 e. The molecular formula is C10H15NO5. The maximum atomic E-state index is 11.7. The Morgan fingerprint density at radius 3 is 2.81 bits per heavy atom. The molecule has 0 aliphatic carbocycles. The van der Waals surface area contributed by atoms with Gasteiger partial charge in [-0.2, -0.15) is 0 Å². The average molecular weight is 229 g/mol. The van der Waals surface area contributed by atoms with Crippen LogP contribution in [0, 0.1) is 0 Å². The smallest absolute Gasteiger partial charge is 0.337 e. The van der Waals surface area contributed by atoms with E-state index in [1.807, 2.05) is 0 Å². The van der Waals surface area contributed by atoms with Gasteiger partial charge in [-0.3, -0.25) is 14.5 Å². The summed E-state index contributed by atoms with van der Waals surface area (Å²) in [6.45, 7) is 1.99. The molecule has 0 saturated carbocycles. The predicted molar refractivity (Wildman–Crippen MR) is 51.9 cm³/mol. The third kappa shape index (κ3) is 1.63. The number of hydrogen-bond donors (Lipinski definition) is 0. The number of nitrogens with zero attached hydrogens (tertiary/aromatic N) is 1. The summed E-state index contributed by atoms with van der Waals surface area (Å²) < 4.78 is 4.61. The Bertz CT molecular complexity index is 318. The minimum absolute atomic E-state index is 0.0430. The second kappa shape index (κ2) is 4.12. The minimum atomic E-state index is -0.808. The third-order valence-electron chi connectivity index (χ3n) is 3.16. The van der Waals surface area contributed by atoms with Gasteiger partial charge in [-0.25, -0.2) is 4.79 Å². The van der Waals surface area contributed by atoms with Crippen molar-refractivity contribution < 1.29 is 24.0 Å². The predicted octanol–water partition coefficient (Wildman–Crippen LogP) is 0.218. The van der Waals surface area contributed by atoms with Crippen molar-refractivity contribution >= 4 is 11.8 Å². The van der Waals surface area contributed by atoms with Crippen LogP contribution in [-0.4, -0.2) is 42.3 Å². The van der Waals surface area contributed by atoms with Crippen LogP contribution in [0.25, 0.3) is 0 Å². The first-order valence-corrected chi connectivity index (χ1v) is 5.29. The molecule has 1 unspecified atom stereocenters. The molecule has 0 radical (unpaired) electrons. The van der Waals surface area contributed by atoms with E-state index in [-0.39, 0.29) is 5.78 Å². The van der Waals surface area contributed by atoms with Gasteiger partial charge in [0, 0.05) is 6.42 Å². The van der Waals surface area contributed by atoms with Gasteiger partial charge in [-0.05, 0) is 19.8 Å². The second-order valence-electron chi connectivity index (χ2n) is 4.10. The molecule has 16 heavy (non-hydrogen) atoms. The molecular weight excluding hydrogens is 214 g/mol. The van der Waals surface area contributed by atoms with Gasteiger partial charge >= 0.3 is 5.97 Å². The van der Waals surface area contributed by atoms with Crippen molar-refractivity contribution in [3.8, 4) is 0 Å². The fraction of sp³-hybridized carbons (Fsp3) is 0.800. The van der Waals surface area contributed by atoms with Gasteiger partial charge in [-0.1, -0.05) is 5.23 Å². The van der Waals surface area contributed by atoms with E-state index in [1.165, 1.54) is 19.3 Å². The molecule has 2 atom stereocenters. The molecule has 0 aromatic rings. The normalized spacial score (nSPS) is 34.5. The first-order valence-electron chi connectivity index (χ1n) is 5.29. The number of methoxy groups -OCH3 is 1. The second-order valence-corrected chi connectivity index (χ2v) is 4.10. The van der Waals surface area contributed by atoms with Crippen LogP contribution in [0.3, 0.4) is 0 Å². The van der Waals surface area contributed by atoms with Crippen LogP contribution in [0.15, 0.2) is 0 Å². The number of carbonyl (C=O) groups is 2.